The van der Waals surface area contributed by atoms with Crippen LogP contribution in [0.5, 0.6) is 0 Å². The first-order valence-corrected chi connectivity index (χ1v) is 5.75. The van der Waals surface area contributed by atoms with Crippen LogP contribution in [-0.2, 0) is 0 Å². The van der Waals surface area contributed by atoms with Crippen LogP contribution in [0.1, 0.15) is 10.4 Å². The summed E-state index contributed by atoms with van der Waals surface area (Å²) in [6, 6.07) is 11.4. The van der Waals surface area contributed by atoms with Crippen molar-refractivity contribution in [2.24, 2.45) is 0 Å². The molecular weight excluding hydrogens is 245 g/mol. The predicted octanol–water partition coefficient (Wildman–Crippen LogP) is 3.67. The number of H-pyrrole nitrogens is 1. The van der Waals surface area contributed by atoms with Crippen molar-refractivity contribution in [1.29, 1.82) is 0 Å². The maximum absolute atomic E-state index is 14.0. The Morgan fingerprint density at radius 2 is 1.95 bits per heavy atom. The summed E-state index contributed by atoms with van der Waals surface area (Å²) < 4.78 is 14.0. The maximum Gasteiger partial charge on any atom is 0.335 e. The minimum absolute atomic E-state index is 0.0519. The van der Waals surface area contributed by atoms with Crippen molar-refractivity contribution in [3.63, 3.8) is 0 Å². The van der Waals surface area contributed by atoms with E-state index >= 15 is 0 Å². The largest absolute Gasteiger partial charge is 0.478 e. The van der Waals surface area contributed by atoms with Gasteiger partial charge in [-0.2, -0.15) is 0 Å². The van der Waals surface area contributed by atoms with Gasteiger partial charge in [0.25, 0.3) is 0 Å². The molecule has 0 unspecified atom stereocenters. The lowest BCUT2D eigenvalue weighted by atomic mass is 10.0. The number of carbonyl (C=O) groups is 1. The third kappa shape index (κ3) is 1.97. The molecule has 3 aromatic rings. The van der Waals surface area contributed by atoms with Gasteiger partial charge in [-0.1, -0.05) is 12.1 Å². The molecule has 3 nitrogen and oxygen atoms in total. The third-order valence-corrected chi connectivity index (χ3v) is 3.08. The van der Waals surface area contributed by atoms with Gasteiger partial charge in [0, 0.05) is 17.3 Å². The number of carboxylic acids is 1. The second-order valence-corrected chi connectivity index (χ2v) is 4.28. The van der Waals surface area contributed by atoms with Crippen LogP contribution < -0.4 is 0 Å². The second kappa shape index (κ2) is 4.24. The molecule has 0 amide bonds. The SMILES string of the molecule is O=C(O)c1ccc(-c2ccc3[nH]ccc3c2)c(F)c1. The summed E-state index contributed by atoms with van der Waals surface area (Å²) in [5.41, 5.74) is 2.05. The minimum atomic E-state index is -1.13. The molecule has 0 radical (unpaired) electrons. The number of rotatable bonds is 2. The Morgan fingerprint density at radius 3 is 2.68 bits per heavy atom. The molecule has 1 aromatic heterocycles. The van der Waals surface area contributed by atoms with E-state index in [1.54, 1.807) is 6.07 Å². The number of aromatic amines is 1. The minimum Gasteiger partial charge on any atom is -0.478 e. The molecule has 1 heterocycles. The van der Waals surface area contributed by atoms with Crippen LogP contribution >= 0.6 is 0 Å². The standard InChI is InChI=1S/C15H10FNO2/c16-13-8-11(15(18)19)1-3-12(13)9-2-4-14-10(7-9)5-6-17-14/h1-8,17H,(H,18,19). The summed E-state index contributed by atoms with van der Waals surface area (Å²) in [5.74, 6) is -1.67. The molecule has 0 aliphatic rings. The van der Waals surface area contributed by atoms with Gasteiger partial charge < -0.3 is 10.1 Å². The number of benzene rings is 2. The van der Waals surface area contributed by atoms with Crippen LogP contribution in [0.3, 0.4) is 0 Å². The number of nitrogens with one attached hydrogen (secondary N) is 1. The molecule has 0 fully saturated rings. The van der Waals surface area contributed by atoms with Gasteiger partial charge in [0.2, 0.25) is 0 Å². The molecule has 0 saturated carbocycles. The highest BCUT2D eigenvalue weighted by atomic mass is 19.1. The molecule has 19 heavy (non-hydrogen) atoms. The molecule has 0 aliphatic heterocycles. The monoisotopic (exact) mass is 255 g/mol. The summed E-state index contributed by atoms with van der Waals surface area (Å²) in [5, 5.41) is 9.80. The molecule has 0 spiro atoms. The van der Waals surface area contributed by atoms with Crippen molar-refractivity contribution in [2.75, 3.05) is 0 Å². The molecule has 4 heteroatoms. The topological polar surface area (TPSA) is 53.1 Å². The van der Waals surface area contributed by atoms with E-state index in [0.717, 1.165) is 22.5 Å². The fourth-order valence-corrected chi connectivity index (χ4v) is 2.10. The number of hydrogen-bond acceptors (Lipinski definition) is 1. The molecule has 2 N–H and O–H groups in total. The third-order valence-electron chi connectivity index (χ3n) is 3.08. The van der Waals surface area contributed by atoms with Gasteiger partial charge >= 0.3 is 5.97 Å². The second-order valence-electron chi connectivity index (χ2n) is 4.28. The van der Waals surface area contributed by atoms with E-state index in [1.807, 2.05) is 24.4 Å². The first-order chi connectivity index (χ1) is 9.15. The van der Waals surface area contributed by atoms with Gasteiger partial charge in [-0.25, -0.2) is 9.18 Å². The highest BCUT2D eigenvalue weighted by Crippen LogP contribution is 2.26. The van der Waals surface area contributed by atoms with Crippen LogP contribution in [0.4, 0.5) is 4.39 Å². The summed E-state index contributed by atoms with van der Waals surface area (Å²) >= 11 is 0. The van der Waals surface area contributed by atoms with E-state index in [9.17, 15) is 9.18 Å². The van der Waals surface area contributed by atoms with Crippen LogP contribution in [0, 0.1) is 5.82 Å². The van der Waals surface area contributed by atoms with Crippen molar-refractivity contribution >= 4 is 16.9 Å². The fraction of sp³-hybridized carbons (Fsp3) is 0. The van der Waals surface area contributed by atoms with Gasteiger partial charge in [0.05, 0.1) is 5.56 Å². The Kier molecular flexibility index (Phi) is 2.56. The van der Waals surface area contributed by atoms with Crippen molar-refractivity contribution in [3.8, 4) is 11.1 Å². The summed E-state index contributed by atoms with van der Waals surface area (Å²) in [7, 11) is 0. The lowest BCUT2D eigenvalue weighted by Crippen LogP contribution is -1.97. The van der Waals surface area contributed by atoms with E-state index < -0.39 is 11.8 Å². The molecule has 94 valence electrons. The van der Waals surface area contributed by atoms with Gasteiger partial charge in [0.1, 0.15) is 5.82 Å². The average molecular weight is 255 g/mol. The van der Waals surface area contributed by atoms with E-state index in [1.165, 1.54) is 12.1 Å². The lowest BCUT2D eigenvalue weighted by molar-refractivity contribution is 0.0696. The Labute approximate surface area is 108 Å². The zero-order valence-electron chi connectivity index (χ0n) is 9.85. The number of fused-ring (bicyclic) bond motifs is 1. The number of hydrogen-bond donors (Lipinski definition) is 2. The molecule has 0 saturated heterocycles. The number of aromatic carboxylic acids is 1. The normalized spacial score (nSPS) is 10.8. The molecule has 0 bridgehead atoms. The maximum atomic E-state index is 14.0. The Bertz CT molecular complexity index is 777. The van der Waals surface area contributed by atoms with E-state index in [4.69, 9.17) is 5.11 Å². The highest BCUT2D eigenvalue weighted by molar-refractivity contribution is 5.89. The van der Waals surface area contributed by atoms with E-state index in [0.29, 0.717) is 5.56 Å². The first kappa shape index (κ1) is 11.5. The van der Waals surface area contributed by atoms with E-state index in [2.05, 4.69) is 4.98 Å². The van der Waals surface area contributed by atoms with Crippen LogP contribution in [-0.4, -0.2) is 16.1 Å². The first-order valence-electron chi connectivity index (χ1n) is 5.75. The summed E-state index contributed by atoms with van der Waals surface area (Å²) in [6.07, 6.45) is 1.82. The smallest absolute Gasteiger partial charge is 0.335 e. The van der Waals surface area contributed by atoms with Crippen molar-refractivity contribution in [2.45, 2.75) is 0 Å². The molecule has 0 atom stereocenters. The van der Waals surface area contributed by atoms with Crippen molar-refractivity contribution < 1.29 is 14.3 Å². The Hall–Kier alpha value is -2.62. The van der Waals surface area contributed by atoms with Crippen molar-refractivity contribution in [1.82, 2.24) is 4.98 Å². The highest BCUT2D eigenvalue weighted by Gasteiger charge is 2.10. The molecule has 3 rings (SSSR count). The Morgan fingerprint density at radius 1 is 1.11 bits per heavy atom. The quantitative estimate of drug-likeness (QED) is 0.734. The molecular formula is C15H10FNO2. The van der Waals surface area contributed by atoms with Gasteiger partial charge in [-0.15, -0.1) is 0 Å². The average Bonchev–Trinajstić information content (AvgIpc) is 2.85. The predicted molar refractivity (Wildman–Crippen MR) is 70.7 cm³/mol. The van der Waals surface area contributed by atoms with Crippen LogP contribution in [0.15, 0.2) is 48.7 Å². The van der Waals surface area contributed by atoms with Crippen LogP contribution in [0.2, 0.25) is 0 Å². The van der Waals surface area contributed by atoms with E-state index in [-0.39, 0.29) is 5.56 Å². The molecule has 0 aliphatic carbocycles. The summed E-state index contributed by atoms with van der Waals surface area (Å²) in [4.78, 5) is 13.8. The van der Waals surface area contributed by atoms with Crippen LogP contribution in [0.25, 0.3) is 22.0 Å². The lowest BCUT2D eigenvalue weighted by Gasteiger charge is -2.05. The van der Waals surface area contributed by atoms with Gasteiger partial charge in [-0.05, 0) is 41.3 Å². The fourth-order valence-electron chi connectivity index (χ4n) is 2.10. The Balaban J connectivity index is 2.12. The van der Waals surface area contributed by atoms with Gasteiger partial charge in [0.15, 0.2) is 0 Å². The summed E-state index contributed by atoms with van der Waals surface area (Å²) in [6.45, 7) is 0. The number of halogens is 1. The molecule has 2 aromatic carbocycles. The number of aromatic nitrogens is 1. The van der Waals surface area contributed by atoms with Gasteiger partial charge in [-0.3, -0.25) is 0 Å². The zero-order valence-corrected chi connectivity index (χ0v) is 9.85. The number of carboxylic acid groups (broad SMARTS) is 1. The van der Waals surface area contributed by atoms with Crippen molar-refractivity contribution in [3.05, 3.63) is 60.0 Å². The zero-order chi connectivity index (χ0) is 13.4.